The minimum atomic E-state index is -2.78. The second-order valence-corrected chi connectivity index (χ2v) is 5.99. The lowest BCUT2D eigenvalue weighted by Crippen LogP contribution is -2.57. The van der Waals surface area contributed by atoms with Gasteiger partial charge in [0.1, 0.15) is 0 Å². The molecule has 76 valence electrons. The molecule has 0 radical (unpaired) electrons. The topological polar surface area (TPSA) is 49.4 Å². The minimum Gasteiger partial charge on any atom is -0.310 e. The Hall–Kier alpha value is -0.130. The lowest BCUT2D eigenvalue weighted by atomic mass is 10.1. The van der Waals surface area contributed by atoms with Crippen LogP contribution in [0.1, 0.15) is 6.92 Å². The van der Waals surface area contributed by atoms with Gasteiger partial charge in [-0.2, -0.15) is 0 Å². The number of likely N-dealkylation sites (N-methyl/N-ethyl adjacent to an activating group) is 1. The summed E-state index contributed by atoms with van der Waals surface area (Å²) < 4.78 is 22.8. The molecule has 0 bridgehead atoms. The van der Waals surface area contributed by atoms with Crippen molar-refractivity contribution >= 4 is 9.84 Å². The lowest BCUT2D eigenvalue weighted by Gasteiger charge is -2.36. The van der Waals surface area contributed by atoms with Crippen molar-refractivity contribution in [1.29, 1.82) is 0 Å². The zero-order valence-corrected chi connectivity index (χ0v) is 8.68. The Kier molecular flexibility index (Phi) is 2.33. The van der Waals surface area contributed by atoms with Crippen LogP contribution in [0.5, 0.6) is 0 Å². The molecule has 0 unspecified atom stereocenters. The molecule has 0 saturated carbocycles. The van der Waals surface area contributed by atoms with E-state index in [0.29, 0.717) is 11.5 Å². The molecule has 5 heteroatoms. The summed E-state index contributed by atoms with van der Waals surface area (Å²) in [6.45, 7) is 4.95. The maximum absolute atomic E-state index is 11.4. The average Bonchev–Trinajstić information content (AvgIpc) is 2.37. The zero-order valence-electron chi connectivity index (χ0n) is 7.86. The molecule has 0 spiro atoms. The van der Waals surface area contributed by atoms with Crippen LogP contribution in [0.3, 0.4) is 0 Å². The first kappa shape index (κ1) is 9.43. The average molecular weight is 204 g/mol. The molecule has 0 amide bonds. The van der Waals surface area contributed by atoms with Crippen molar-refractivity contribution in [3.63, 3.8) is 0 Å². The number of hydrogen-bond acceptors (Lipinski definition) is 4. The minimum absolute atomic E-state index is 0.179. The van der Waals surface area contributed by atoms with Crippen LogP contribution in [-0.4, -0.2) is 56.5 Å². The molecule has 2 aliphatic heterocycles. The number of nitrogens with one attached hydrogen (secondary N) is 1. The van der Waals surface area contributed by atoms with Gasteiger partial charge in [-0.25, -0.2) is 8.42 Å². The van der Waals surface area contributed by atoms with E-state index in [1.54, 1.807) is 0 Å². The zero-order chi connectivity index (χ0) is 9.47. The summed E-state index contributed by atoms with van der Waals surface area (Å²) in [4.78, 5) is 2.27. The number of piperazine rings is 1. The Morgan fingerprint density at radius 3 is 2.92 bits per heavy atom. The fraction of sp³-hybridized carbons (Fsp3) is 1.00. The Morgan fingerprint density at radius 2 is 2.23 bits per heavy atom. The molecule has 4 nitrogen and oxygen atoms in total. The second kappa shape index (κ2) is 3.22. The maximum atomic E-state index is 11.4. The van der Waals surface area contributed by atoms with E-state index in [1.807, 2.05) is 0 Å². The molecular weight excluding hydrogens is 188 g/mol. The summed E-state index contributed by atoms with van der Waals surface area (Å²) in [5.41, 5.74) is 0. The third-order valence-electron chi connectivity index (χ3n) is 3.00. The molecule has 2 aliphatic rings. The van der Waals surface area contributed by atoms with Crippen LogP contribution >= 0.6 is 0 Å². The fourth-order valence-corrected chi connectivity index (χ4v) is 4.32. The Balaban J connectivity index is 2.17. The molecule has 2 heterocycles. The van der Waals surface area contributed by atoms with E-state index in [4.69, 9.17) is 0 Å². The van der Waals surface area contributed by atoms with Gasteiger partial charge in [0.2, 0.25) is 0 Å². The summed E-state index contributed by atoms with van der Waals surface area (Å²) in [6, 6.07) is 0.405. The quantitative estimate of drug-likeness (QED) is 0.600. The Morgan fingerprint density at radius 1 is 1.46 bits per heavy atom. The van der Waals surface area contributed by atoms with Gasteiger partial charge in [0.15, 0.2) is 9.84 Å². The number of fused-ring (bicyclic) bond motifs is 1. The molecule has 2 atom stereocenters. The summed E-state index contributed by atoms with van der Waals surface area (Å²) in [6.07, 6.45) is 0. The van der Waals surface area contributed by atoms with Crippen molar-refractivity contribution in [2.45, 2.75) is 19.0 Å². The third-order valence-corrected chi connectivity index (χ3v) is 4.72. The summed E-state index contributed by atoms with van der Waals surface area (Å²) >= 11 is 0. The summed E-state index contributed by atoms with van der Waals surface area (Å²) in [5.74, 6) is 0.673. The van der Waals surface area contributed by atoms with Gasteiger partial charge in [0, 0.05) is 25.2 Å². The second-order valence-electron chi connectivity index (χ2n) is 3.83. The van der Waals surface area contributed by atoms with E-state index in [0.717, 1.165) is 19.6 Å². The van der Waals surface area contributed by atoms with Gasteiger partial charge in [0.25, 0.3) is 0 Å². The molecule has 2 saturated heterocycles. The lowest BCUT2D eigenvalue weighted by molar-refractivity contribution is 0.157. The predicted octanol–water partition coefficient (Wildman–Crippen LogP) is -0.923. The highest BCUT2D eigenvalue weighted by atomic mass is 32.2. The van der Waals surface area contributed by atoms with Gasteiger partial charge >= 0.3 is 0 Å². The van der Waals surface area contributed by atoms with Crippen molar-refractivity contribution < 1.29 is 8.42 Å². The van der Waals surface area contributed by atoms with Gasteiger partial charge in [-0.15, -0.1) is 0 Å². The van der Waals surface area contributed by atoms with Gasteiger partial charge < -0.3 is 5.32 Å². The van der Waals surface area contributed by atoms with Crippen molar-refractivity contribution in [3.8, 4) is 0 Å². The molecular formula is C8H16N2O2S. The van der Waals surface area contributed by atoms with Crippen LogP contribution in [0.15, 0.2) is 0 Å². The molecule has 0 aromatic carbocycles. The van der Waals surface area contributed by atoms with Crippen LogP contribution in [0.2, 0.25) is 0 Å². The highest BCUT2D eigenvalue weighted by Gasteiger charge is 2.41. The van der Waals surface area contributed by atoms with Crippen molar-refractivity contribution in [1.82, 2.24) is 10.2 Å². The van der Waals surface area contributed by atoms with E-state index >= 15 is 0 Å². The van der Waals surface area contributed by atoms with Crippen molar-refractivity contribution in [2.24, 2.45) is 0 Å². The largest absolute Gasteiger partial charge is 0.310 e. The molecule has 0 aliphatic carbocycles. The fourth-order valence-electron chi connectivity index (χ4n) is 2.34. The van der Waals surface area contributed by atoms with Gasteiger partial charge in [0.05, 0.1) is 11.5 Å². The smallest absolute Gasteiger partial charge is 0.153 e. The molecule has 13 heavy (non-hydrogen) atoms. The first-order chi connectivity index (χ1) is 6.12. The number of nitrogens with zero attached hydrogens (tertiary/aromatic N) is 1. The van der Waals surface area contributed by atoms with E-state index in [-0.39, 0.29) is 12.1 Å². The van der Waals surface area contributed by atoms with Crippen LogP contribution in [0.4, 0.5) is 0 Å². The van der Waals surface area contributed by atoms with Crippen molar-refractivity contribution in [2.75, 3.05) is 31.1 Å². The van der Waals surface area contributed by atoms with Crippen LogP contribution in [-0.2, 0) is 9.84 Å². The molecule has 0 aromatic rings. The summed E-state index contributed by atoms with van der Waals surface area (Å²) in [5, 5.41) is 3.28. The van der Waals surface area contributed by atoms with Crippen LogP contribution in [0.25, 0.3) is 0 Å². The monoisotopic (exact) mass is 204 g/mol. The van der Waals surface area contributed by atoms with Gasteiger partial charge in [-0.05, 0) is 6.54 Å². The van der Waals surface area contributed by atoms with Crippen LogP contribution in [0, 0.1) is 0 Å². The molecule has 0 aromatic heterocycles. The number of hydrogen-bond donors (Lipinski definition) is 1. The van der Waals surface area contributed by atoms with Crippen molar-refractivity contribution in [3.05, 3.63) is 0 Å². The Labute approximate surface area is 79.2 Å². The van der Waals surface area contributed by atoms with E-state index in [9.17, 15) is 8.42 Å². The molecule has 2 fully saturated rings. The first-order valence-corrected chi connectivity index (χ1v) is 6.62. The van der Waals surface area contributed by atoms with E-state index < -0.39 is 9.84 Å². The van der Waals surface area contributed by atoms with Crippen LogP contribution < -0.4 is 5.32 Å². The third kappa shape index (κ3) is 1.73. The van der Waals surface area contributed by atoms with E-state index in [1.165, 1.54) is 0 Å². The highest BCUT2D eigenvalue weighted by Crippen LogP contribution is 2.20. The first-order valence-electron chi connectivity index (χ1n) is 4.80. The number of sulfone groups is 1. The van der Waals surface area contributed by atoms with Gasteiger partial charge in [-0.1, -0.05) is 6.92 Å². The standard InChI is InChI=1S/C8H16N2O2S/c1-2-10-4-3-9-7-5-13(11,12)6-8(7)10/h7-9H,2-6H2,1H3/t7-,8-/m0/s1. The normalized spacial score (nSPS) is 38.8. The SMILES string of the molecule is CCN1CCN[C@H]2CS(=O)(=O)C[C@@H]21. The summed E-state index contributed by atoms with van der Waals surface area (Å²) in [7, 11) is -2.78. The molecule has 1 N–H and O–H groups in total. The maximum Gasteiger partial charge on any atom is 0.153 e. The van der Waals surface area contributed by atoms with E-state index in [2.05, 4.69) is 17.1 Å². The molecule has 2 rings (SSSR count). The number of rotatable bonds is 1. The Bertz CT molecular complexity index is 289. The van der Waals surface area contributed by atoms with Gasteiger partial charge in [-0.3, -0.25) is 4.90 Å². The highest BCUT2D eigenvalue weighted by molar-refractivity contribution is 7.91. The predicted molar refractivity (Wildman–Crippen MR) is 51.5 cm³/mol.